The van der Waals surface area contributed by atoms with E-state index in [2.05, 4.69) is 5.32 Å². The lowest BCUT2D eigenvalue weighted by Gasteiger charge is -2.13. The van der Waals surface area contributed by atoms with Crippen molar-refractivity contribution < 1.29 is 19.0 Å². The van der Waals surface area contributed by atoms with Crippen molar-refractivity contribution in [2.45, 2.75) is 13.0 Å². The van der Waals surface area contributed by atoms with Gasteiger partial charge in [0.25, 0.3) is 5.91 Å². The fourth-order valence-electron chi connectivity index (χ4n) is 1.31. The molecule has 1 rings (SSSR count). The number of benzene rings is 1. The van der Waals surface area contributed by atoms with Gasteiger partial charge in [0.1, 0.15) is 18.1 Å². The zero-order valence-corrected chi connectivity index (χ0v) is 9.81. The molecule has 5 nitrogen and oxygen atoms in total. The van der Waals surface area contributed by atoms with Gasteiger partial charge < -0.3 is 15.2 Å². The Hall–Kier alpha value is -2.13. The van der Waals surface area contributed by atoms with E-state index in [9.17, 15) is 14.3 Å². The highest BCUT2D eigenvalue weighted by molar-refractivity contribution is 5.77. The van der Waals surface area contributed by atoms with E-state index in [1.54, 1.807) is 6.07 Å². The van der Waals surface area contributed by atoms with Crippen LogP contribution in [0.1, 0.15) is 18.6 Å². The van der Waals surface area contributed by atoms with Crippen LogP contribution < -0.4 is 10.1 Å². The van der Waals surface area contributed by atoms with Gasteiger partial charge in [-0.25, -0.2) is 4.39 Å². The largest absolute Gasteiger partial charge is 0.483 e. The molecule has 0 spiro atoms. The summed E-state index contributed by atoms with van der Waals surface area (Å²) in [6, 6.07) is 5.44. The molecule has 0 aromatic heterocycles. The van der Waals surface area contributed by atoms with Crippen LogP contribution in [0.3, 0.4) is 0 Å². The van der Waals surface area contributed by atoms with E-state index in [0.717, 1.165) is 6.07 Å². The molecule has 0 unspecified atom stereocenters. The van der Waals surface area contributed by atoms with Gasteiger partial charge in [-0.15, -0.1) is 0 Å². The predicted octanol–water partition coefficient (Wildman–Crippen LogP) is 0.898. The number of carbonyl (C=O) groups excluding carboxylic acids is 1. The minimum atomic E-state index is -0.831. The van der Waals surface area contributed by atoms with Crippen LogP contribution in [0.2, 0.25) is 0 Å². The van der Waals surface area contributed by atoms with Crippen LogP contribution in [0.4, 0.5) is 4.39 Å². The fraction of sp³-hybridized carbons (Fsp3) is 0.333. The molecule has 96 valence electrons. The second-order valence-corrected chi connectivity index (χ2v) is 3.58. The first-order chi connectivity index (χ1) is 8.54. The summed E-state index contributed by atoms with van der Waals surface area (Å²) in [5.74, 6) is -0.902. The SMILES string of the molecule is C[C@H](O)c1ccc(F)cc1OCC(=O)NCC#N. The molecule has 0 aliphatic heterocycles. The molecule has 0 radical (unpaired) electrons. The van der Waals surface area contributed by atoms with E-state index < -0.39 is 17.8 Å². The standard InChI is InChI=1S/C12H13FN2O3/c1-8(16)10-3-2-9(13)6-11(10)18-7-12(17)15-5-4-14/h2-3,6,8,16H,5,7H2,1H3,(H,15,17)/t8-/m0/s1. The molecule has 0 saturated carbocycles. The number of nitrogens with one attached hydrogen (secondary N) is 1. The smallest absolute Gasteiger partial charge is 0.258 e. The summed E-state index contributed by atoms with van der Waals surface area (Å²) >= 11 is 0. The van der Waals surface area contributed by atoms with Gasteiger partial charge in [0.15, 0.2) is 6.61 Å². The third-order valence-corrected chi connectivity index (χ3v) is 2.15. The van der Waals surface area contributed by atoms with Crippen molar-refractivity contribution in [3.05, 3.63) is 29.6 Å². The number of nitrogens with zero attached hydrogens (tertiary/aromatic N) is 1. The first-order valence-electron chi connectivity index (χ1n) is 5.28. The summed E-state index contributed by atoms with van der Waals surface area (Å²) in [6.07, 6.45) is -0.831. The molecule has 0 aliphatic rings. The number of rotatable bonds is 5. The lowest BCUT2D eigenvalue weighted by atomic mass is 10.1. The molecule has 0 fully saturated rings. The molecule has 1 aromatic rings. The first kappa shape index (κ1) is 13.9. The highest BCUT2D eigenvalue weighted by Gasteiger charge is 2.11. The number of carbonyl (C=O) groups is 1. The molecule has 1 amide bonds. The summed E-state index contributed by atoms with van der Waals surface area (Å²) < 4.78 is 18.1. The van der Waals surface area contributed by atoms with Crippen LogP contribution in [-0.4, -0.2) is 24.2 Å². The van der Waals surface area contributed by atoms with E-state index in [4.69, 9.17) is 10.00 Å². The molecule has 0 aliphatic carbocycles. The molecular formula is C12H13FN2O3. The molecule has 1 atom stereocenters. The van der Waals surface area contributed by atoms with Gasteiger partial charge in [0.2, 0.25) is 0 Å². The van der Waals surface area contributed by atoms with Crippen molar-refractivity contribution in [1.82, 2.24) is 5.32 Å². The number of aliphatic hydroxyl groups is 1. The second-order valence-electron chi connectivity index (χ2n) is 3.58. The third kappa shape index (κ3) is 4.03. The number of amides is 1. The van der Waals surface area contributed by atoms with Crippen LogP contribution in [0.15, 0.2) is 18.2 Å². The van der Waals surface area contributed by atoms with Gasteiger partial charge in [-0.3, -0.25) is 4.79 Å². The van der Waals surface area contributed by atoms with E-state index in [0.29, 0.717) is 5.56 Å². The number of hydrogen-bond donors (Lipinski definition) is 2. The van der Waals surface area contributed by atoms with Crippen molar-refractivity contribution in [3.63, 3.8) is 0 Å². The van der Waals surface area contributed by atoms with Crippen LogP contribution in [-0.2, 0) is 4.79 Å². The first-order valence-corrected chi connectivity index (χ1v) is 5.28. The maximum absolute atomic E-state index is 13.0. The fourth-order valence-corrected chi connectivity index (χ4v) is 1.31. The Morgan fingerprint density at radius 3 is 3.00 bits per heavy atom. The lowest BCUT2D eigenvalue weighted by Crippen LogP contribution is -2.29. The van der Waals surface area contributed by atoms with Crippen molar-refractivity contribution in [2.75, 3.05) is 13.2 Å². The number of hydrogen-bond acceptors (Lipinski definition) is 4. The molecule has 6 heteroatoms. The predicted molar refractivity (Wildman–Crippen MR) is 61.2 cm³/mol. The quantitative estimate of drug-likeness (QED) is 0.763. The van der Waals surface area contributed by atoms with E-state index >= 15 is 0 Å². The number of aliphatic hydroxyl groups excluding tert-OH is 1. The second kappa shape index (κ2) is 6.57. The van der Waals surface area contributed by atoms with Gasteiger partial charge in [0.05, 0.1) is 12.2 Å². The summed E-state index contributed by atoms with van der Waals surface area (Å²) in [7, 11) is 0. The van der Waals surface area contributed by atoms with Gasteiger partial charge >= 0.3 is 0 Å². The Kier molecular flexibility index (Phi) is 5.08. The summed E-state index contributed by atoms with van der Waals surface area (Å²) in [5, 5.41) is 20.0. The molecule has 0 bridgehead atoms. The monoisotopic (exact) mass is 252 g/mol. The highest BCUT2D eigenvalue weighted by atomic mass is 19.1. The molecular weight excluding hydrogens is 239 g/mol. The van der Waals surface area contributed by atoms with Crippen LogP contribution in [0, 0.1) is 17.1 Å². The molecule has 0 heterocycles. The maximum atomic E-state index is 13.0. The van der Waals surface area contributed by atoms with Crippen LogP contribution in [0.25, 0.3) is 0 Å². The van der Waals surface area contributed by atoms with Gasteiger partial charge in [-0.05, 0) is 19.1 Å². The van der Waals surface area contributed by atoms with Crippen LogP contribution >= 0.6 is 0 Å². The average molecular weight is 252 g/mol. The van der Waals surface area contributed by atoms with Gasteiger partial charge in [-0.2, -0.15) is 5.26 Å². The maximum Gasteiger partial charge on any atom is 0.258 e. The number of nitriles is 1. The van der Waals surface area contributed by atoms with E-state index in [1.165, 1.54) is 19.1 Å². The number of halogens is 1. The Morgan fingerprint density at radius 2 is 2.39 bits per heavy atom. The minimum Gasteiger partial charge on any atom is -0.483 e. The summed E-state index contributed by atoms with van der Waals surface area (Å²) in [6.45, 7) is 1.05. The van der Waals surface area contributed by atoms with Crippen molar-refractivity contribution in [2.24, 2.45) is 0 Å². The van der Waals surface area contributed by atoms with Gasteiger partial charge in [-0.1, -0.05) is 0 Å². The third-order valence-electron chi connectivity index (χ3n) is 2.15. The normalized spacial score (nSPS) is 11.4. The van der Waals surface area contributed by atoms with Crippen LogP contribution in [0.5, 0.6) is 5.75 Å². The van der Waals surface area contributed by atoms with Crippen molar-refractivity contribution in [1.29, 1.82) is 5.26 Å². The minimum absolute atomic E-state index is 0.108. The molecule has 1 aromatic carbocycles. The topological polar surface area (TPSA) is 82.3 Å². The summed E-state index contributed by atoms with van der Waals surface area (Å²) in [4.78, 5) is 11.2. The molecule has 18 heavy (non-hydrogen) atoms. The highest BCUT2D eigenvalue weighted by Crippen LogP contribution is 2.25. The molecule has 2 N–H and O–H groups in total. The summed E-state index contributed by atoms with van der Waals surface area (Å²) in [5.41, 5.74) is 0.393. The zero-order chi connectivity index (χ0) is 13.5. The van der Waals surface area contributed by atoms with Gasteiger partial charge in [0, 0.05) is 11.6 Å². The van der Waals surface area contributed by atoms with E-state index in [1.807, 2.05) is 0 Å². The Labute approximate surface area is 104 Å². The lowest BCUT2D eigenvalue weighted by molar-refractivity contribution is -0.122. The zero-order valence-electron chi connectivity index (χ0n) is 9.81. The number of ether oxygens (including phenoxy) is 1. The van der Waals surface area contributed by atoms with Crippen molar-refractivity contribution >= 4 is 5.91 Å². The Bertz CT molecular complexity index is 469. The Balaban J connectivity index is 2.69. The molecule has 0 saturated heterocycles. The van der Waals surface area contributed by atoms with Crippen molar-refractivity contribution in [3.8, 4) is 11.8 Å². The van der Waals surface area contributed by atoms with E-state index in [-0.39, 0.29) is 18.9 Å². The Morgan fingerprint density at radius 1 is 1.67 bits per heavy atom. The average Bonchev–Trinajstić information content (AvgIpc) is 2.33.